The maximum Gasteiger partial charge on any atom is 0.318 e. The lowest BCUT2D eigenvalue weighted by Crippen LogP contribution is -2.40. The average Bonchev–Trinajstić information content (AvgIpc) is 2.78. The minimum atomic E-state index is -0.752. The third kappa shape index (κ3) is 1.95. The van der Waals surface area contributed by atoms with Crippen LogP contribution in [0.25, 0.3) is 11.2 Å². The number of hydrogen-bond acceptors (Lipinski definition) is 5. The molecule has 0 spiro atoms. The fourth-order valence-electron chi connectivity index (χ4n) is 2.53. The van der Waals surface area contributed by atoms with E-state index in [1.165, 1.54) is 10.8 Å². The molecule has 2 atom stereocenters. The summed E-state index contributed by atoms with van der Waals surface area (Å²) in [6, 6.07) is -0.441. The van der Waals surface area contributed by atoms with Crippen LogP contribution in [0.1, 0.15) is 25.3 Å². The van der Waals surface area contributed by atoms with Gasteiger partial charge in [-0.3, -0.25) is 14.2 Å². The zero-order chi connectivity index (χ0) is 13.6. The molecule has 0 saturated heterocycles. The molecule has 19 heavy (non-hydrogen) atoms. The van der Waals surface area contributed by atoms with Crippen LogP contribution in [0.4, 0.5) is 0 Å². The number of hydrogen-bond donors (Lipinski definition) is 2. The summed E-state index contributed by atoms with van der Waals surface area (Å²) in [4.78, 5) is 33.8. The topological polar surface area (TPSA) is 101 Å². The highest BCUT2D eigenvalue weighted by Crippen LogP contribution is 2.30. The predicted octanol–water partition coefficient (Wildman–Crippen LogP) is 0.219. The number of aliphatic hydroxyl groups is 1. The highest BCUT2D eigenvalue weighted by molar-refractivity contribution is 6.28. The molecule has 7 nitrogen and oxygen atoms in total. The first-order chi connectivity index (χ1) is 9.08. The van der Waals surface area contributed by atoms with Crippen LogP contribution in [0.2, 0.25) is 5.28 Å². The van der Waals surface area contributed by atoms with Crippen LogP contribution in [0.5, 0.6) is 0 Å². The number of aliphatic hydroxyl groups excluding tert-OH is 1. The molecule has 0 amide bonds. The number of fused-ring (bicyclic) bond motifs is 1. The van der Waals surface area contributed by atoms with Crippen molar-refractivity contribution in [3.8, 4) is 0 Å². The minimum absolute atomic E-state index is 0.0137. The van der Waals surface area contributed by atoms with E-state index >= 15 is 0 Å². The Morgan fingerprint density at radius 2 is 2.21 bits per heavy atom. The van der Waals surface area contributed by atoms with Gasteiger partial charge in [-0.05, 0) is 30.9 Å². The van der Waals surface area contributed by atoms with E-state index in [9.17, 15) is 14.7 Å². The van der Waals surface area contributed by atoms with Gasteiger partial charge in [-0.2, -0.15) is 4.98 Å². The average molecular weight is 283 g/mol. The first-order valence-electron chi connectivity index (χ1n) is 5.93. The molecular formula is C11H11ClN4O3. The zero-order valence-electron chi connectivity index (χ0n) is 9.84. The molecule has 0 aliphatic heterocycles. The number of nitrogens with one attached hydrogen (secondary N) is 1. The van der Waals surface area contributed by atoms with Crippen LogP contribution < -0.4 is 11.1 Å². The molecule has 2 N–H and O–H groups in total. The highest BCUT2D eigenvalue weighted by atomic mass is 35.5. The van der Waals surface area contributed by atoms with Crippen LogP contribution in [-0.4, -0.2) is 30.7 Å². The van der Waals surface area contributed by atoms with Gasteiger partial charge in [-0.25, -0.2) is 4.98 Å². The number of aromatic nitrogens is 4. The summed E-state index contributed by atoms with van der Waals surface area (Å²) in [6.07, 6.45) is 2.72. The Labute approximate surface area is 111 Å². The molecular weight excluding hydrogens is 272 g/mol. The summed E-state index contributed by atoms with van der Waals surface area (Å²) >= 11 is 5.73. The van der Waals surface area contributed by atoms with E-state index in [0.29, 0.717) is 18.4 Å². The molecule has 2 aromatic rings. The van der Waals surface area contributed by atoms with Gasteiger partial charge in [0.2, 0.25) is 5.28 Å². The zero-order valence-corrected chi connectivity index (χ0v) is 10.6. The lowest BCUT2D eigenvalue weighted by molar-refractivity contribution is 0.136. The molecule has 0 unspecified atom stereocenters. The second-order valence-corrected chi connectivity index (χ2v) is 4.91. The summed E-state index contributed by atoms with van der Waals surface area (Å²) in [6.45, 7) is 0. The van der Waals surface area contributed by atoms with Crippen molar-refractivity contribution in [2.24, 2.45) is 0 Å². The molecule has 3 rings (SSSR count). The molecule has 0 radical (unpaired) electrons. The molecule has 2 heterocycles. The van der Waals surface area contributed by atoms with Crippen molar-refractivity contribution in [3.05, 3.63) is 32.2 Å². The van der Waals surface area contributed by atoms with Gasteiger partial charge in [-0.1, -0.05) is 0 Å². The van der Waals surface area contributed by atoms with Crippen molar-refractivity contribution in [2.75, 3.05) is 0 Å². The van der Waals surface area contributed by atoms with E-state index in [0.717, 1.165) is 6.42 Å². The third-order valence-corrected chi connectivity index (χ3v) is 3.59. The Morgan fingerprint density at radius 3 is 2.89 bits per heavy atom. The van der Waals surface area contributed by atoms with Crippen LogP contribution in [0.15, 0.2) is 15.8 Å². The van der Waals surface area contributed by atoms with Crippen LogP contribution in [0, 0.1) is 0 Å². The SMILES string of the molecule is O=c1[nH]c2cnc(Cl)nc2n([C@H]2CCC[C@@H]2O)c1=O. The Kier molecular flexibility index (Phi) is 2.87. The van der Waals surface area contributed by atoms with E-state index in [1.807, 2.05) is 0 Å². The second kappa shape index (κ2) is 4.43. The number of H-pyrrole nitrogens is 1. The highest BCUT2D eigenvalue weighted by Gasteiger charge is 2.30. The van der Waals surface area contributed by atoms with Gasteiger partial charge in [0.05, 0.1) is 18.3 Å². The summed E-state index contributed by atoms with van der Waals surface area (Å²) in [5, 5.41) is 9.92. The van der Waals surface area contributed by atoms with Gasteiger partial charge in [0.25, 0.3) is 0 Å². The normalized spacial score (nSPS) is 23.1. The fraction of sp³-hybridized carbons (Fsp3) is 0.455. The van der Waals surface area contributed by atoms with Gasteiger partial charge in [0, 0.05) is 0 Å². The first kappa shape index (κ1) is 12.3. The third-order valence-electron chi connectivity index (χ3n) is 3.40. The fourth-order valence-corrected chi connectivity index (χ4v) is 2.66. The molecule has 2 aromatic heterocycles. The summed E-state index contributed by atoms with van der Waals surface area (Å²) in [7, 11) is 0. The van der Waals surface area contributed by atoms with Crippen LogP contribution >= 0.6 is 11.6 Å². The molecule has 1 aliphatic carbocycles. The first-order valence-corrected chi connectivity index (χ1v) is 6.31. The molecule has 1 aliphatic rings. The van der Waals surface area contributed by atoms with Crippen molar-refractivity contribution in [1.82, 2.24) is 19.5 Å². The lowest BCUT2D eigenvalue weighted by Gasteiger charge is -2.18. The van der Waals surface area contributed by atoms with Gasteiger partial charge in [0.15, 0.2) is 5.65 Å². The van der Waals surface area contributed by atoms with Crippen molar-refractivity contribution in [1.29, 1.82) is 0 Å². The standard InChI is InChI=1S/C11H11ClN4O3/c12-11-13-4-5-8(15-11)16(10(19)9(18)14-5)6-2-1-3-7(6)17/h4,6-7,17H,1-3H2,(H,14,18)/t6-,7-/m0/s1. The molecule has 100 valence electrons. The van der Waals surface area contributed by atoms with Crippen molar-refractivity contribution in [2.45, 2.75) is 31.4 Å². The van der Waals surface area contributed by atoms with E-state index in [4.69, 9.17) is 11.6 Å². The molecule has 0 bridgehead atoms. The van der Waals surface area contributed by atoms with Crippen LogP contribution in [-0.2, 0) is 0 Å². The maximum absolute atomic E-state index is 12.0. The molecule has 1 fully saturated rings. The smallest absolute Gasteiger partial charge is 0.318 e. The minimum Gasteiger partial charge on any atom is -0.391 e. The van der Waals surface area contributed by atoms with Gasteiger partial charge in [-0.15, -0.1) is 0 Å². The Morgan fingerprint density at radius 1 is 1.42 bits per heavy atom. The summed E-state index contributed by atoms with van der Waals surface area (Å²) < 4.78 is 1.24. The quantitative estimate of drug-likeness (QED) is 0.575. The van der Waals surface area contributed by atoms with Crippen molar-refractivity contribution >= 4 is 22.8 Å². The number of halogens is 1. The Bertz CT molecular complexity index is 754. The summed E-state index contributed by atoms with van der Waals surface area (Å²) in [5.74, 6) is 0. The second-order valence-electron chi connectivity index (χ2n) is 4.57. The predicted molar refractivity (Wildman–Crippen MR) is 68.3 cm³/mol. The van der Waals surface area contributed by atoms with Gasteiger partial charge in [0.1, 0.15) is 5.52 Å². The number of rotatable bonds is 1. The van der Waals surface area contributed by atoms with Crippen LogP contribution in [0.3, 0.4) is 0 Å². The summed E-state index contributed by atoms with van der Waals surface area (Å²) in [5.41, 5.74) is -0.908. The van der Waals surface area contributed by atoms with Gasteiger partial charge < -0.3 is 10.1 Å². The number of aromatic amines is 1. The largest absolute Gasteiger partial charge is 0.391 e. The maximum atomic E-state index is 12.0. The van der Waals surface area contributed by atoms with E-state index in [1.54, 1.807) is 0 Å². The monoisotopic (exact) mass is 282 g/mol. The molecule has 1 saturated carbocycles. The van der Waals surface area contributed by atoms with E-state index in [-0.39, 0.29) is 10.9 Å². The molecule has 0 aromatic carbocycles. The Hall–Kier alpha value is -1.73. The molecule has 8 heteroatoms. The van der Waals surface area contributed by atoms with Crippen molar-refractivity contribution < 1.29 is 5.11 Å². The van der Waals surface area contributed by atoms with Crippen molar-refractivity contribution in [3.63, 3.8) is 0 Å². The van der Waals surface area contributed by atoms with Gasteiger partial charge >= 0.3 is 11.1 Å². The lowest BCUT2D eigenvalue weighted by atomic mass is 10.2. The van der Waals surface area contributed by atoms with E-state index in [2.05, 4.69) is 15.0 Å². The van der Waals surface area contributed by atoms with E-state index < -0.39 is 23.3 Å². The Balaban J connectivity index is 2.37. The number of nitrogens with zero attached hydrogens (tertiary/aromatic N) is 3.